The minimum atomic E-state index is -2.83. The maximum atomic E-state index is 11.3. The van der Waals surface area contributed by atoms with E-state index in [-0.39, 0.29) is 11.5 Å². The van der Waals surface area contributed by atoms with Gasteiger partial charge < -0.3 is 10.6 Å². The van der Waals surface area contributed by atoms with Crippen molar-refractivity contribution in [3.8, 4) is 0 Å². The van der Waals surface area contributed by atoms with Gasteiger partial charge in [0.15, 0.2) is 9.84 Å². The Bertz CT molecular complexity index is 485. The number of nitrogens with two attached hydrogens (primary N) is 1. The molecule has 1 aromatic heterocycles. The van der Waals surface area contributed by atoms with Gasteiger partial charge in [0.2, 0.25) is 0 Å². The van der Waals surface area contributed by atoms with E-state index in [9.17, 15) is 8.42 Å². The van der Waals surface area contributed by atoms with Crippen molar-refractivity contribution < 1.29 is 8.42 Å². The maximum Gasteiger partial charge on any atom is 0.153 e. The zero-order valence-electron chi connectivity index (χ0n) is 9.18. The van der Waals surface area contributed by atoms with Gasteiger partial charge in [0.25, 0.3) is 0 Å². The number of hydrogen-bond donors (Lipinski definition) is 1. The van der Waals surface area contributed by atoms with Gasteiger partial charge in [-0.15, -0.1) is 0 Å². The summed E-state index contributed by atoms with van der Waals surface area (Å²) in [6, 6.07) is 3.64. The molecule has 1 aliphatic heterocycles. The molecule has 0 aliphatic carbocycles. The second-order valence-corrected chi connectivity index (χ2v) is 6.28. The lowest BCUT2D eigenvalue weighted by molar-refractivity contribution is 0.586. The molecule has 5 nitrogen and oxygen atoms in total. The molecule has 0 aromatic carbocycles. The number of aryl methyl sites for hydroxylation is 1. The molecule has 1 fully saturated rings. The van der Waals surface area contributed by atoms with Crippen LogP contribution in [0.4, 0.5) is 11.5 Å². The molecular formula is C10H15N3O2S. The summed E-state index contributed by atoms with van der Waals surface area (Å²) in [5, 5.41) is 0. The minimum Gasteiger partial charge on any atom is -0.384 e. The van der Waals surface area contributed by atoms with Crippen LogP contribution in [-0.2, 0) is 9.84 Å². The Labute approximate surface area is 95.2 Å². The monoisotopic (exact) mass is 241 g/mol. The Morgan fingerprint density at radius 3 is 2.50 bits per heavy atom. The standard InChI is InChI=1S/C10H15N3O2S/c1-8-9(2-3-10(11)12-8)13-4-6-16(14,15)7-5-13/h2-3H,4-7H2,1H3,(H2,11,12). The Morgan fingerprint density at radius 1 is 1.31 bits per heavy atom. The van der Waals surface area contributed by atoms with E-state index in [1.54, 1.807) is 6.07 Å². The van der Waals surface area contributed by atoms with Gasteiger partial charge in [0, 0.05) is 13.1 Å². The Hall–Kier alpha value is -1.30. The lowest BCUT2D eigenvalue weighted by atomic mass is 10.2. The van der Waals surface area contributed by atoms with E-state index < -0.39 is 9.84 Å². The SMILES string of the molecule is Cc1nc(N)ccc1N1CCS(=O)(=O)CC1. The van der Waals surface area contributed by atoms with Gasteiger partial charge in [0.05, 0.1) is 22.9 Å². The van der Waals surface area contributed by atoms with Crippen LogP contribution in [0.25, 0.3) is 0 Å². The van der Waals surface area contributed by atoms with Crippen LogP contribution in [0.15, 0.2) is 12.1 Å². The second-order valence-electron chi connectivity index (χ2n) is 3.98. The predicted molar refractivity (Wildman–Crippen MR) is 64.3 cm³/mol. The molecule has 0 radical (unpaired) electrons. The summed E-state index contributed by atoms with van der Waals surface area (Å²) in [4.78, 5) is 6.22. The molecule has 1 aliphatic rings. The summed E-state index contributed by atoms with van der Waals surface area (Å²) in [6.45, 7) is 2.96. The van der Waals surface area contributed by atoms with Crippen molar-refractivity contribution in [1.82, 2.24) is 4.98 Å². The fraction of sp³-hybridized carbons (Fsp3) is 0.500. The number of nitrogen functional groups attached to an aromatic ring is 1. The summed E-state index contributed by atoms with van der Waals surface area (Å²) in [5.41, 5.74) is 7.40. The van der Waals surface area contributed by atoms with Gasteiger partial charge in [-0.05, 0) is 19.1 Å². The lowest BCUT2D eigenvalue weighted by Gasteiger charge is -2.29. The number of rotatable bonds is 1. The van der Waals surface area contributed by atoms with E-state index in [2.05, 4.69) is 4.98 Å². The zero-order valence-corrected chi connectivity index (χ0v) is 10.00. The van der Waals surface area contributed by atoms with E-state index in [1.807, 2.05) is 17.9 Å². The summed E-state index contributed by atoms with van der Waals surface area (Å²) in [6.07, 6.45) is 0. The van der Waals surface area contributed by atoms with Crippen LogP contribution in [-0.4, -0.2) is 38.0 Å². The molecule has 2 rings (SSSR count). The van der Waals surface area contributed by atoms with Crippen LogP contribution in [0.1, 0.15) is 5.69 Å². The molecule has 1 saturated heterocycles. The van der Waals surface area contributed by atoms with Crippen LogP contribution >= 0.6 is 0 Å². The van der Waals surface area contributed by atoms with Crippen LogP contribution in [0.2, 0.25) is 0 Å². The van der Waals surface area contributed by atoms with Crippen molar-refractivity contribution in [1.29, 1.82) is 0 Å². The van der Waals surface area contributed by atoms with Crippen LogP contribution in [0, 0.1) is 6.92 Å². The number of aromatic nitrogens is 1. The Balaban J connectivity index is 2.20. The third-order valence-electron chi connectivity index (χ3n) is 2.76. The summed E-state index contributed by atoms with van der Waals surface area (Å²) >= 11 is 0. The summed E-state index contributed by atoms with van der Waals surface area (Å²) < 4.78 is 22.6. The third kappa shape index (κ3) is 2.27. The average molecular weight is 241 g/mol. The number of sulfone groups is 1. The number of hydrogen-bond acceptors (Lipinski definition) is 5. The Morgan fingerprint density at radius 2 is 1.94 bits per heavy atom. The first-order valence-corrected chi connectivity index (χ1v) is 6.98. The highest BCUT2D eigenvalue weighted by Crippen LogP contribution is 2.21. The van der Waals surface area contributed by atoms with E-state index in [4.69, 9.17) is 5.73 Å². The molecule has 0 atom stereocenters. The van der Waals surface area contributed by atoms with E-state index >= 15 is 0 Å². The first kappa shape index (κ1) is 11.2. The fourth-order valence-corrected chi connectivity index (χ4v) is 3.06. The highest BCUT2D eigenvalue weighted by molar-refractivity contribution is 7.91. The van der Waals surface area contributed by atoms with Gasteiger partial charge >= 0.3 is 0 Å². The topological polar surface area (TPSA) is 76.3 Å². The smallest absolute Gasteiger partial charge is 0.153 e. The predicted octanol–water partition coefficient (Wildman–Crippen LogP) is 0.207. The van der Waals surface area contributed by atoms with Crippen molar-refractivity contribution in [2.45, 2.75) is 6.92 Å². The first-order chi connectivity index (χ1) is 7.48. The van der Waals surface area contributed by atoms with Gasteiger partial charge in [0.1, 0.15) is 5.82 Å². The normalized spacial score (nSPS) is 19.7. The number of nitrogens with zero attached hydrogens (tertiary/aromatic N) is 2. The molecule has 16 heavy (non-hydrogen) atoms. The fourth-order valence-electron chi connectivity index (χ4n) is 1.86. The largest absolute Gasteiger partial charge is 0.384 e. The molecule has 0 unspecified atom stereocenters. The molecule has 88 valence electrons. The second kappa shape index (κ2) is 3.93. The molecule has 0 saturated carbocycles. The average Bonchev–Trinajstić information content (AvgIpc) is 2.19. The van der Waals surface area contributed by atoms with E-state index in [0.717, 1.165) is 11.4 Å². The highest BCUT2D eigenvalue weighted by atomic mass is 32.2. The van der Waals surface area contributed by atoms with E-state index in [0.29, 0.717) is 18.9 Å². The maximum absolute atomic E-state index is 11.3. The molecule has 1 aromatic rings. The van der Waals surface area contributed by atoms with Crippen LogP contribution in [0.5, 0.6) is 0 Å². The van der Waals surface area contributed by atoms with Gasteiger partial charge in [-0.25, -0.2) is 13.4 Å². The number of pyridine rings is 1. The van der Waals surface area contributed by atoms with Gasteiger partial charge in [-0.3, -0.25) is 0 Å². The quantitative estimate of drug-likeness (QED) is 0.760. The first-order valence-electron chi connectivity index (χ1n) is 5.16. The van der Waals surface area contributed by atoms with Crippen molar-refractivity contribution in [3.63, 3.8) is 0 Å². The summed E-state index contributed by atoms with van der Waals surface area (Å²) in [5.74, 6) is 0.930. The van der Waals surface area contributed by atoms with Crippen LogP contribution < -0.4 is 10.6 Å². The third-order valence-corrected chi connectivity index (χ3v) is 4.37. The minimum absolute atomic E-state index is 0.219. The molecule has 0 bridgehead atoms. The van der Waals surface area contributed by atoms with E-state index in [1.165, 1.54) is 0 Å². The van der Waals surface area contributed by atoms with Gasteiger partial charge in [-0.2, -0.15) is 0 Å². The lowest BCUT2D eigenvalue weighted by Crippen LogP contribution is -2.40. The molecule has 0 spiro atoms. The van der Waals surface area contributed by atoms with Crippen molar-refractivity contribution in [2.75, 3.05) is 35.2 Å². The van der Waals surface area contributed by atoms with Gasteiger partial charge in [-0.1, -0.05) is 0 Å². The van der Waals surface area contributed by atoms with Crippen molar-refractivity contribution in [2.24, 2.45) is 0 Å². The van der Waals surface area contributed by atoms with Crippen LogP contribution in [0.3, 0.4) is 0 Å². The molecule has 2 heterocycles. The van der Waals surface area contributed by atoms with Crippen molar-refractivity contribution >= 4 is 21.3 Å². The molecule has 2 N–H and O–H groups in total. The van der Waals surface area contributed by atoms with Crippen molar-refractivity contribution in [3.05, 3.63) is 17.8 Å². The highest BCUT2D eigenvalue weighted by Gasteiger charge is 2.22. The number of anilines is 2. The molecule has 6 heteroatoms. The zero-order chi connectivity index (χ0) is 11.8. The Kier molecular flexibility index (Phi) is 2.75. The molecular weight excluding hydrogens is 226 g/mol. The summed E-state index contributed by atoms with van der Waals surface area (Å²) in [7, 11) is -2.83. The molecule has 0 amide bonds.